The molecule has 8 nitrogen and oxygen atoms in total. The van der Waals surface area contributed by atoms with Gasteiger partial charge in [-0.05, 0) is 36.4 Å². The predicted molar refractivity (Wildman–Crippen MR) is 106 cm³/mol. The van der Waals surface area contributed by atoms with Crippen LogP contribution in [-0.2, 0) is 9.53 Å². The Hall–Kier alpha value is -3.59. The molecule has 0 fully saturated rings. The second kappa shape index (κ2) is 8.19. The largest absolute Gasteiger partial charge is 0.497 e. The fourth-order valence-electron chi connectivity index (χ4n) is 2.61. The highest BCUT2D eigenvalue weighted by Gasteiger charge is 2.17. The Balaban J connectivity index is 1.32. The maximum absolute atomic E-state index is 12.2. The summed E-state index contributed by atoms with van der Waals surface area (Å²) in [6.07, 6.45) is 0. The third kappa shape index (κ3) is 4.30. The molecule has 0 spiro atoms. The second-order valence-corrected chi connectivity index (χ2v) is 6.82. The van der Waals surface area contributed by atoms with E-state index in [9.17, 15) is 9.59 Å². The van der Waals surface area contributed by atoms with E-state index in [1.54, 1.807) is 30.7 Å². The van der Waals surface area contributed by atoms with Gasteiger partial charge in [-0.1, -0.05) is 0 Å². The van der Waals surface area contributed by atoms with Crippen molar-refractivity contribution in [2.75, 3.05) is 25.8 Å². The monoisotopic (exact) mass is 412 g/mol. The third-order valence-corrected chi connectivity index (χ3v) is 4.93. The Labute approximate surface area is 170 Å². The second-order valence-electron chi connectivity index (χ2n) is 5.96. The van der Waals surface area contributed by atoms with Crippen LogP contribution in [0.25, 0.3) is 10.6 Å². The number of aromatic nitrogens is 1. The minimum absolute atomic E-state index is 0.149. The molecule has 4 rings (SSSR count). The van der Waals surface area contributed by atoms with Gasteiger partial charge in [0.05, 0.1) is 7.11 Å². The lowest BCUT2D eigenvalue weighted by Gasteiger charge is -2.06. The van der Waals surface area contributed by atoms with Gasteiger partial charge in [0, 0.05) is 22.7 Å². The summed E-state index contributed by atoms with van der Waals surface area (Å²) in [6, 6.07) is 12.3. The molecule has 0 atom stereocenters. The van der Waals surface area contributed by atoms with E-state index in [0.717, 1.165) is 11.3 Å². The van der Waals surface area contributed by atoms with Crippen LogP contribution in [0.3, 0.4) is 0 Å². The lowest BCUT2D eigenvalue weighted by atomic mass is 10.2. The number of nitrogens with one attached hydrogen (secondary N) is 1. The molecule has 2 heterocycles. The molecule has 2 aromatic carbocycles. The molecule has 1 aliphatic heterocycles. The summed E-state index contributed by atoms with van der Waals surface area (Å²) in [5, 5.41) is 4.90. The van der Waals surface area contributed by atoms with Crippen LogP contribution in [0.5, 0.6) is 17.2 Å². The molecule has 1 aliphatic rings. The lowest BCUT2D eigenvalue weighted by molar-refractivity contribution is -0.119. The number of ether oxygens (including phenoxy) is 4. The van der Waals surface area contributed by atoms with Gasteiger partial charge >= 0.3 is 5.97 Å². The van der Waals surface area contributed by atoms with Crippen molar-refractivity contribution in [3.05, 3.63) is 53.5 Å². The normalized spacial score (nSPS) is 11.8. The number of nitrogens with zero attached hydrogens (tertiary/aromatic N) is 1. The van der Waals surface area contributed by atoms with Crippen LogP contribution in [0.2, 0.25) is 0 Å². The van der Waals surface area contributed by atoms with E-state index < -0.39 is 18.5 Å². The summed E-state index contributed by atoms with van der Waals surface area (Å²) in [7, 11) is 1.59. The molecule has 29 heavy (non-hydrogen) atoms. The molecule has 0 aliphatic carbocycles. The number of amides is 1. The number of methoxy groups -OCH3 is 1. The molecule has 0 bridgehead atoms. The first-order valence-electron chi connectivity index (χ1n) is 8.59. The van der Waals surface area contributed by atoms with Crippen LogP contribution in [0.15, 0.2) is 47.8 Å². The Bertz CT molecular complexity index is 1050. The predicted octanol–water partition coefficient (Wildman–Crippen LogP) is 3.34. The smallest absolute Gasteiger partial charge is 0.358 e. The number of hydrogen-bond donors (Lipinski definition) is 1. The van der Waals surface area contributed by atoms with Gasteiger partial charge < -0.3 is 24.3 Å². The first kappa shape index (κ1) is 18.8. The van der Waals surface area contributed by atoms with Crippen molar-refractivity contribution in [1.82, 2.24) is 4.98 Å². The topological polar surface area (TPSA) is 96.0 Å². The van der Waals surface area contributed by atoms with E-state index >= 15 is 0 Å². The Kier molecular flexibility index (Phi) is 5.30. The minimum atomic E-state index is -0.665. The average Bonchev–Trinajstić information content (AvgIpc) is 3.41. The van der Waals surface area contributed by atoms with Gasteiger partial charge in [-0.2, -0.15) is 0 Å². The van der Waals surface area contributed by atoms with E-state index in [4.69, 9.17) is 18.9 Å². The molecular formula is C20H16N2O6S. The van der Waals surface area contributed by atoms with Crippen molar-refractivity contribution in [3.63, 3.8) is 0 Å². The van der Waals surface area contributed by atoms with Gasteiger partial charge in [-0.3, -0.25) is 4.79 Å². The summed E-state index contributed by atoms with van der Waals surface area (Å²) in [6.45, 7) is -0.279. The zero-order chi connectivity index (χ0) is 20.2. The lowest BCUT2D eigenvalue weighted by Crippen LogP contribution is -2.21. The first-order valence-corrected chi connectivity index (χ1v) is 9.47. The molecule has 0 saturated carbocycles. The van der Waals surface area contributed by atoms with Crippen LogP contribution in [0.1, 0.15) is 10.5 Å². The van der Waals surface area contributed by atoms with Crippen molar-refractivity contribution in [3.8, 4) is 27.8 Å². The number of fused-ring (bicyclic) bond motifs is 1. The number of thiazole rings is 1. The van der Waals surface area contributed by atoms with Gasteiger partial charge in [0.15, 0.2) is 23.8 Å². The van der Waals surface area contributed by atoms with E-state index in [1.807, 2.05) is 24.3 Å². The maximum atomic E-state index is 12.2. The highest BCUT2D eigenvalue weighted by molar-refractivity contribution is 7.13. The van der Waals surface area contributed by atoms with E-state index in [-0.39, 0.29) is 12.5 Å². The fourth-order valence-corrected chi connectivity index (χ4v) is 3.41. The van der Waals surface area contributed by atoms with Gasteiger partial charge in [0.2, 0.25) is 6.79 Å². The van der Waals surface area contributed by atoms with Crippen LogP contribution >= 0.6 is 11.3 Å². The quantitative estimate of drug-likeness (QED) is 0.620. The summed E-state index contributed by atoms with van der Waals surface area (Å²) >= 11 is 1.31. The molecular weight excluding hydrogens is 396 g/mol. The molecule has 0 saturated heterocycles. The van der Waals surface area contributed by atoms with Gasteiger partial charge in [0.1, 0.15) is 10.8 Å². The maximum Gasteiger partial charge on any atom is 0.358 e. The summed E-state index contributed by atoms with van der Waals surface area (Å²) in [4.78, 5) is 28.5. The number of carbonyl (C=O) groups is 2. The number of anilines is 1. The third-order valence-electron chi connectivity index (χ3n) is 4.04. The summed E-state index contributed by atoms with van der Waals surface area (Å²) < 4.78 is 20.7. The van der Waals surface area contributed by atoms with Crippen molar-refractivity contribution < 1.29 is 28.5 Å². The van der Waals surface area contributed by atoms with Crippen molar-refractivity contribution >= 4 is 28.9 Å². The number of hydrogen-bond acceptors (Lipinski definition) is 8. The van der Waals surface area contributed by atoms with E-state index in [1.165, 1.54) is 11.3 Å². The van der Waals surface area contributed by atoms with E-state index in [2.05, 4.69) is 10.3 Å². The molecule has 9 heteroatoms. The molecule has 1 N–H and O–H groups in total. The Morgan fingerprint density at radius 1 is 1.14 bits per heavy atom. The van der Waals surface area contributed by atoms with Crippen LogP contribution in [0.4, 0.5) is 5.69 Å². The molecule has 0 radical (unpaired) electrons. The summed E-state index contributed by atoms with van der Waals surface area (Å²) in [5.41, 5.74) is 1.53. The van der Waals surface area contributed by atoms with Gasteiger partial charge in [-0.25, -0.2) is 9.78 Å². The molecule has 3 aromatic rings. The molecule has 1 aromatic heterocycles. The standard InChI is InChI=1S/C20H16N2O6S/c1-25-14-5-2-12(3-6-14)19-22-15(10-29-19)20(24)26-9-18(23)21-13-4-7-16-17(8-13)28-11-27-16/h2-8,10H,9,11H2,1H3,(H,21,23). The zero-order valence-electron chi connectivity index (χ0n) is 15.3. The van der Waals surface area contributed by atoms with Crippen LogP contribution < -0.4 is 19.5 Å². The SMILES string of the molecule is COc1ccc(-c2nc(C(=O)OCC(=O)Nc3ccc4c(c3)OCO4)cs2)cc1. The van der Waals surface area contributed by atoms with Gasteiger partial charge in [-0.15, -0.1) is 11.3 Å². The van der Waals surface area contributed by atoms with Gasteiger partial charge in [0.25, 0.3) is 5.91 Å². The van der Waals surface area contributed by atoms with E-state index in [0.29, 0.717) is 22.2 Å². The number of rotatable bonds is 6. The fraction of sp³-hybridized carbons (Fsp3) is 0.150. The van der Waals surface area contributed by atoms with Crippen LogP contribution in [0, 0.1) is 0 Å². The summed E-state index contributed by atoms with van der Waals surface area (Å²) in [5.74, 6) is 0.766. The molecule has 0 unspecified atom stereocenters. The number of carbonyl (C=O) groups excluding carboxylic acids is 2. The van der Waals surface area contributed by atoms with Crippen molar-refractivity contribution in [2.45, 2.75) is 0 Å². The highest BCUT2D eigenvalue weighted by atomic mass is 32.1. The number of benzene rings is 2. The Morgan fingerprint density at radius 3 is 2.72 bits per heavy atom. The average molecular weight is 412 g/mol. The molecule has 148 valence electrons. The van der Waals surface area contributed by atoms with Crippen LogP contribution in [-0.4, -0.2) is 37.4 Å². The molecule has 1 amide bonds. The minimum Gasteiger partial charge on any atom is -0.497 e. The van der Waals surface area contributed by atoms with Crippen molar-refractivity contribution in [2.24, 2.45) is 0 Å². The first-order chi connectivity index (χ1) is 14.1. The van der Waals surface area contributed by atoms with Crippen molar-refractivity contribution in [1.29, 1.82) is 0 Å². The highest BCUT2D eigenvalue weighted by Crippen LogP contribution is 2.34. The number of esters is 1. The Morgan fingerprint density at radius 2 is 1.93 bits per heavy atom. The zero-order valence-corrected chi connectivity index (χ0v) is 16.2.